The minimum Gasteiger partial charge on any atom is -0.440 e. The number of sulfonamides is 1. The molecule has 0 amide bonds. The van der Waals surface area contributed by atoms with Gasteiger partial charge >= 0.3 is 5.97 Å². The van der Waals surface area contributed by atoms with E-state index >= 15 is 0 Å². The normalized spacial score (nSPS) is 18.9. The van der Waals surface area contributed by atoms with Crippen LogP contribution in [-0.2, 0) is 24.3 Å². The molecule has 2 aromatic carbocycles. The van der Waals surface area contributed by atoms with Gasteiger partial charge in [0.2, 0.25) is 0 Å². The maximum absolute atomic E-state index is 13.4. The van der Waals surface area contributed by atoms with Crippen LogP contribution < -0.4 is 4.31 Å². The van der Waals surface area contributed by atoms with Crippen LogP contribution >= 0.6 is 0 Å². The van der Waals surface area contributed by atoms with E-state index < -0.39 is 28.1 Å². The second-order valence-electron chi connectivity index (χ2n) is 6.69. The minimum atomic E-state index is -3.99. The number of hydrogen-bond acceptors (Lipinski definition) is 5. The van der Waals surface area contributed by atoms with Crippen molar-refractivity contribution >= 4 is 27.5 Å². The van der Waals surface area contributed by atoms with Crippen molar-refractivity contribution in [3.8, 4) is 0 Å². The number of Topliss-reactive ketones (excluding diaryl/α,β-unsaturated/α-hetero) is 1. The second-order valence-corrected chi connectivity index (χ2v) is 8.50. The van der Waals surface area contributed by atoms with E-state index in [9.17, 15) is 18.0 Å². The topological polar surface area (TPSA) is 80.8 Å². The fourth-order valence-corrected chi connectivity index (χ4v) is 4.96. The van der Waals surface area contributed by atoms with Crippen LogP contribution in [0.1, 0.15) is 37.3 Å². The zero-order valence-corrected chi connectivity index (χ0v) is 16.2. The molecule has 0 aromatic heterocycles. The summed E-state index contributed by atoms with van der Waals surface area (Å²) in [6.07, 6.45) is -1.02. The van der Waals surface area contributed by atoms with E-state index in [1.54, 1.807) is 36.4 Å². The van der Waals surface area contributed by atoms with Gasteiger partial charge in [-0.2, -0.15) is 0 Å². The molecule has 0 radical (unpaired) electrons. The quantitative estimate of drug-likeness (QED) is 0.736. The Morgan fingerprint density at radius 1 is 1.04 bits per heavy atom. The SMILES string of the molecule is CC(=O)C[C@H]1c2ccccc2N(S(=O)(=O)c2ccc(C)cc2)[C@H]1OC(C)=O. The lowest BCUT2D eigenvalue weighted by Gasteiger charge is -2.28. The Balaban J connectivity index is 2.17. The first-order valence-corrected chi connectivity index (χ1v) is 10.0. The lowest BCUT2D eigenvalue weighted by molar-refractivity contribution is -0.147. The van der Waals surface area contributed by atoms with Gasteiger partial charge in [-0.3, -0.25) is 4.79 Å². The monoisotopic (exact) mass is 387 g/mol. The van der Waals surface area contributed by atoms with Crippen molar-refractivity contribution in [2.24, 2.45) is 0 Å². The molecule has 1 aliphatic rings. The lowest BCUT2D eigenvalue weighted by atomic mass is 9.95. The van der Waals surface area contributed by atoms with E-state index in [0.29, 0.717) is 11.3 Å². The molecule has 7 heteroatoms. The predicted molar refractivity (Wildman–Crippen MR) is 101 cm³/mol. The third kappa shape index (κ3) is 3.60. The van der Waals surface area contributed by atoms with Crippen LogP contribution in [0.2, 0.25) is 0 Å². The van der Waals surface area contributed by atoms with Gasteiger partial charge in [0, 0.05) is 13.3 Å². The lowest BCUT2D eigenvalue weighted by Crippen LogP contribution is -2.42. The zero-order chi connectivity index (χ0) is 19.8. The Labute approximate surface area is 158 Å². The fraction of sp³-hybridized carbons (Fsp3) is 0.300. The Morgan fingerprint density at radius 3 is 2.26 bits per heavy atom. The molecule has 1 heterocycles. The number of para-hydroxylation sites is 1. The Kier molecular flexibility index (Phi) is 5.06. The number of aryl methyl sites for hydroxylation is 1. The Hall–Kier alpha value is -2.67. The number of benzene rings is 2. The molecule has 0 N–H and O–H groups in total. The maximum Gasteiger partial charge on any atom is 0.304 e. The molecule has 0 bridgehead atoms. The van der Waals surface area contributed by atoms with Gasteiger partial charge < -0.3 is 9.53 Å². The van der Waals surface area contributed by atoms with Crippen LogP contribution in [-0.4, -0.2) is 26.4 Å². The summed E-state index contributed by atoms with van der Waals surface area (Å²) < 4.78 is 33.3. The van der Waals surface area contributed by atoms with E-state index in [-0.39, 0.29) is 17.1 Å². The number of carbonyl (C=O) groups is 2. The molecule has 0 aliphatic carbocycles. The average Bonchev–Trinajstić information content (AvgIpc) is 2.88. The third-order valence-corrected chi connectivity index (χ3v) is 6.31. The van der Waals surface area contributed by atoms with E-state index in [1.165, 1.54) is 26.0 Å². The highest BCUT2D eigenvalue weighted by Crippen LogP contribution is 2.46. The summed E-state index contributed by atoms with van der Waals surface area (Å²) in [5.41, 5.74) is 2.03. The largest absolute Gasteiger partial charge is 0.440 e. The molecule has 3 rings (SSSR count). The molecular formula is C20H21NO5S. The zero-order valence-electron chi connectivity index (χ0n) is 15.4. The summed E-state index contributed by atoms with van der Waals surface area (Å²) in [6.45, 7) is 4.53. The van der Waals surface area contributed by atoms with Gasteiger partial charge in [-0.15, -0.1) is 0 Å². The average molecular weight is 387 g/mol. The number of nitrogens with zero attached hydrogens (tertiary/aromatic N) is 1. The van der Waals surface area contributed by atoms with Crippen molar-refractivity contribution < 1.29 is 22.7 Å². The molecule has 27 heavy (non-hydrogen) atoms. The molecule has 0 spiro atoms. The molecule has 142 valence electrons. The van der Waals surface area contributed by atoms with Gasteiger partial charge in [0.05, 0.1) is 16.5 Å². The number of esters is 1. The van der Waals surface area contributed by atoms with Crippen LogP contribution in [0.15, 0.2) is 53.4 Å². The van der Waals surface area contributed by atoms with E-state index in [2.05, 4.69) is 0 Å². The molecule has 1 aliphatic heterocycles. The summed E-state index contributed by atoms with van der Waals surface area (Å²) >= 11 is 0. The van der Waals surface area contributed by atoms with Crippen molar-refractivity contribution in [3.05, 3.63) is 59.7 Å². The molecule has 0 fully saturated rings. The van der Waals surface area contributed by atoms with E-state index in [4.69, 9.17) is 4.74 Å². The minimum absolute atomic E-state index is 0.0783. The number of rotatable bonds is 5. The molecule has 0 unspecified atom stereocenters. The van der Waals surface area contributed by atoms with Crippen molar-refractivity contribution in [1.29, 1.82) is 0 Å². The van der Waals surface area contributed by atoms with Crippen molar-refractivity contribution in [2.45, 2.75) is 44.2 Å². The van der Waals surface area contributed by atoms with Crippen LogP contribution in [0.25, 0.3) is 0 Å². The summed E-state index contributed by atoms with van der Waals surface area (Å²) in [7, 11) is -3.99. The Bertz CT molecular complexity index is 982. The van der Waals surface area contributed by atoms with Gasteiger partial charge in [0.25, 0.3) is 10.0 Å². The number of carbonyl (C=O) groups excluding carboxylic acids is 2. The predicted octanol–water partition coefficient (Wildman–Crippen LogP) is 3.16. The van der Waals surface area contributed by atoms with E-state index in [1.807, 2.05) is 6.92 Å². The summed E-state index contributed by atoms with van der Waals surface area (Å²) in [5, 5.41) is 0. The van der Waals surface area contributed by atoms with Crippen molar-refractivity contribution in [3.63, 3.8) is 0 Å². The molecule has 0 saturated carbocycles. The first-order valence-electron chi connectivity index (χ1n) is 8.58. The van der Waals surface area contributed by atoms with Crippen LogP contribution in [0.5, 0.6) is 0 Å². The van der Waals surface area contributed by atoms with Crippen LogP contribution in [0, 0.1) is 6.92 Å². The second kappa shape index (κ2) is 7.15. The van der Waals surface area contributed by atoms with Gasteiger partial charge in [-0.05, 0) is 37.6 Å². The van der Waals surface area contributed by atoms with Gasteiger partial charge in [-0.25, -0.2) is 12.7 Å². The number of ether oxygens (including phenoxy) is 1. The molecule has 6 nitrogen and oxygen atoms in total. The molecular weight excluding hydrogens is 366 g/mol. The molecule has 2 atom stereocenters. The number of ketones is 1. The van der Waals surface area contributed by atoms with Gasteiger partial charge in [-0.1, -0.05) is 35.9 Å². The highest BCUT2D eigenvalue weighted by atomic mass is 32.2. The molecule has 2 aromatic rings. The molecule has 0 saturated heterocycles. The van der Waals surface area contributed by atoms with Crippen molar-refractivity contribution in [1.82, 2.24) is 0 Å². The first-order chi connectivity index (χ1) is 12.7. The first kappa shape index (κ1) is 19.1. The van der Waals surface area contributed by atoms with E-state index in [0.717, 1.165) is 9.87 Å². The van der Waals surface area contributed by atoms with Crippen LogP contribution in [0.3, 0.4) is 0 Å². The van der Waals surface area contributed by atoms with Crippen LogP contribution in [0.4, 0.5) is 5.69 Å². The summed E-state index contributed by atoms with van der Waals surface area (Å²) in [5.74, 6) is -1.27. The smallest absolute Gasteiger partial charge is 0.304 e. The third-order valence-electron chi connectivity index (χ3n) is 4.52. The van der Waals surface area contributed by atoms with Gasteiger partial charge in [0.15, 0.2) is 6.23 Å². The number of fused-ring (bicyclic) bond motifs is 1. The fourth-order valence-electron chi connectivity index (χ4n) is 3.37. The Morgan fingerprint density at radius 2 is 1.67 bits per heavy atom. The maximum atomic E-state index is 13.4. The highest BCUT2D eigenvalue weighted by Gasteiger charge is 2.47. The number of hydrogen-bond donors (Lipinski definition) is 0. The van der Waals surface area contributed by atoms with Gasteiger partial charge in [0.1, 0.15) is 5.78 Å². The standard InChI is InChI=1S/C20H21NO5S/c1-13-8-10-16(11-9-13)27(24,25)21-19-7-5-4-6-17(19)18(12-14(2)22)20(21)26-15(3)23/h4-11,18,20H,12H2,1-3H3/t18-,20-/m0/s1. The number of anilines is 1. The summed E-state index contributed by atoms with van der Waals surface area (Å²) in [4.78, 5) is 23.6. The summed E-state index contributed by atoms with van der Waals surface area (Å²) in [6, 6.07) is 13.4. The van der Waals surface area contributed by atoms with Crippen molar-refractivity contribution in [2.75, 3.05) is 4.31 Å². The highest BCUT2D eigenvalue weighted by molar-refractivity contribution is 7.92.